The number of nitrogens with zero attached hydrogens (tertiary/aromatic N) is 5. The van der Waals surface area contributed by atoms with Crippen molar-refractivity contribution in [3.63, 3.8) is 0 Å². The van der Waals surface area contributed by atoms with Gasteiger partial charge in [-0.25, -0.2) is 14.4 Å². The first-order valence-corrected chi connectivity index (χ1v) is 11.2. The van der Waals surface area contributed by atoms with Crippen LogP contribution in [-0.4, -0.2) is 64.3 Å². The van der Waals surface area contributed by atoms with Crippen LogP contribution in [0.4, 0.5) is 10.3 Å². The topological polar surface area (TPSA) is 69.6 Å². The van der Waals surface area contributed by atoms with Crippen molar-refractivity contribution in [3.05, 3.63) is 59.8 Å². The van der Waals surface area contributed by atoms with Crippen LogP contribution < -0.4 is 4.90 Å². The third-order valence-electron chi connectivity index (χ3n) is 5.94. The lowest BCUT2D eigenvalue weighted by molar-refractivity contribution is -0.137. The van der Waals surface area contributed by atoms with E-state index in [1.807, 2.05) is 4.90 Å². The van der Waals surface area contributed by atoms with E-state index < -0.39 is 0 Å². The number of benzene rings is 1. The molecule has 0 N–H and O–H groups in total. The van der Waals surface area contributed by atoms with Crippen molar-refractivity contribution < 1.29 is 14.0 Å². The largest absolute Gasteiger partial charge is 0.363 e. The number of unbranched alkanes of at least 4 members (excludes halogenated alkanes) is 3. The first kappa shape index (κ1) is 21.9. The van der Waals surface area contributed by atoms with Gasteiger partial charge in [0.1, 0.15) is 11.5 Å². The summed E-state index contributed by atoms with van der Waals surface area (Å²) in [5.41, 5.74) is 1.37. The molecular formula is C24H28FN5O2. The Bertz CT molecular complexity index is 985. The highest BCUT2D eigenvalue weighted by Crippen LogP contribution is 2.32. The number of rotatable bonds is 8. The molecular weight excluding hydrogens is 409 g/mol. The van der Waals surface area contributed by atoms with Crippen molar-refractivity contribution >= 4 is 23.3 Å². The third-order valence-corrected chi connectivity index (χ3v) is 5.94. The van der Waals surface area contributed by atoms with Gasteiger partial charge in [0.15, 0.2) is 0 Å². The van der Waals surface area contributed by atoms with Crippen molar-refractivity contribution in [3.8, 4) is 0 Å². The summed E-state index contributed by atoms with van der Waals surface area (Å²) < 4.78 is 13.5. The Balaban J connectivity index is 1.57. The molecule has 7 nitrogen and oxygen atoms in total. The van der Waals surface area contributed by atoms with Crippen LogP contribution in [-0.2, 0) is 9.59 Å². The maximum atomic E-state index is 13.5. The van der Waals surface area contributed by atoms with Gasteiger partial charge in [0.25, 0.3) is 11.8 Å². The molecule has 0 spiro atoms. The van der Waals surface area contributed by atoms with E-state index >= 15 is 0 Å². The zero-order valence-electron chi connectivity index (χ0n) is 18.3. The van der Waals surface area contributed by atoms with Crippen LogP contribution in [0.3, 0.4) is 0 Å². The summed E-state index contributed by atoms with van der Waals surface area (Å²) in [7, 11) is 0. The van der Waals surface area contributed by atoms with Crippen LogP contribution in [0.2, 0.25) is 0 Å². The molecule has 168 valence electrons. The van der Waals surface area contributed by atoms with Gasteiger partial charge in [-0.15, -0.1) is 0 Å². The number of carbonyl (C=O) groups is 2. The quantitative estimate of drug-likeness (QED) is 0.467. The average Bonchev–Trinajstić information content (AvgIpc) is 3.07. The SMILES string of the molecule is CCCCCCN1C(=O)C(c2ccc(F)cc2)=C(N2CCN(c3ncccn3)CC2)C1=O. The molecule has 2 amide bonds. The predicted molar refractivity (Wildman–Crippen MR) is 120 cm³/mol. The fourth-order valence-corrected chi connectivity index (χ4v) is 4.22. The molecule has 4 rings (SSSR count). The molecule has 0 bridgehead atoms. The number of piperazine rings is 1. The third kappa shape index (κ3) is 4.49. The maximum Gasteiger partial charge on any atom is 0.277 e. The summed E-state index contributed by atoms with van der Waals surface area (Å²) in [6.45, 7) is 4.95. The minimum atomic E-state index is -0.374. The van der Waals surface area contributed by atoms with Gasteiger partial charge < -0.3 is 9.80 Å². The second-order valence-electron chi connectivity index (χ2n) is 8.08. The van der Waals surface area contributed by atoms with Gasteiger partial charge >= 0.3 is 0 Å². The van der Waals surface area contributed by atoms with Crippen molar-refractivity contribution in [1.82, 2.24) is 19.8 Å². The van der Waals surface area contributed by atoms with E-state index in [9.17, 15) is 14.0 Å². The van der Waals surface area contributed by atoms with Crippen LogP contribution >= 0.6 is 0 Å². The first-order valence-electron chi connectivity index (χ1n) is 11.2. The Morgan fingerprint density at radius 2 is 1.53 bits per heavy atom. The van der Waals surface area contributed by atoms with Gasteiger partial charge in [-0.2, -0.15) is 0 Å². The molecule has 8 heteroatoms. The summed E-state index contributed by atoms with van der Waals surface area (Å²) in [4.78, 5) is 40.7. The van der Waals surface area contributed by atoms with Crippen molar-refractivity contribution in [2.75, 3.05) is 37.6 Å². The molecule has 1 aromatic carbocycles. The molecule has 2 aromatic rings. The number of aromatic nitrogens is 2. The Kier molecular flexibility index (Phi) is 6.78. The molecule has 0 aliphatic carbocycles. The number of anilines is 1. The lowest BCUT2D eigenvalue weighted by Gasteiger charge is -2.36. The number of amides is 2. The van der Waals surface area contributed by atoms with Gasteiger partial charge in [-0.05, 0) is 30.2 Å². The normalized spacial score (nSPS) is 17.0. The zero-order chi connectivity index (χ0) is 22.5. The molecule has 32 heavy (non-hydrogen) atoms. The minimum absolute atomic E-state index is 0.254. The van der Waals surface area contributed by atoms with E-state index in [0.29, 0.717) is 55.5 Å². The Labute approximate surface area is 187 Å². The van der Waals surface area contributed by atoms with Crippen molar-refractivity contribution in [2.45, 2.75) is 32.6 Å². The van der Waals surface area contributed by atoms with Crippen molar-refractivity contribution in [1.29, 1.82) is 0 Å². The first-order chi connectivity index (χ1) is 15.6. The second-order valence-corrected chi connectivity index (χ2v) is 8.08. The van der Waals surface area contributed by atoms with E-state index in [-0.39, 0.29) is 17.6 Å². The number of carbonyl (C=O) groups excluding carboxylic acids is 2. The molecule has 3 heterocycles. The lowest BCUT2D eigenvalue weighted by atomic mass is 10.0. The van der Waals surface area contributed by atoms with Crippen LogP contribution in [0.15, 0.2) is 48.4 Å². The molecule has 0 unspecified atom stereocenters. The summed E-state index contributed by atoms with van der Waals surface area (Å²) in [6, 6.07) is 7.57. The number of hydrogen-bond donors (Lipinski definition) is 0. The molecule has 2 aliphatic rings. The highest BCUT2D eigenvalue weighted by molar-refractivity contribution is 6.35. The fourth-order valence-electron chi connectivity index (χ4n) is 4.22. The van der Waals surface area contributed by atoms with E-state index in [0.717, 1.165) is 25.7 Å². The molecule has 1 aromatic heterocycles. The zero-order valence-corrected chi connectivity index (χ0v) is 18.3. The van der Waals surface area contributed by atoms with Crippen molar-refractivity contribution in [2.24, 2.45) is 0 Å². The van der Waals surface area contributed by atoms with Gasteiger partial charge in [0.2, 0.25) is 5.95 Å². The van der Waals surface area contributed by atoms with E-state index in [4.69, 9.17) is 0 Å². The van der Waals surface area contributed by atoms with Gasteiger partial charge in [0.05, 0.1) is 5.57 Å². The average molecular weight is 438 g/mol. The summed E-state index contributed by atoms with van der Waals surface area (Å²) in [6.07, 6.45) is 7.34. The molecule has 0 radical (unpaired) electrons. The van der Waals surface area contributed by atoms with E-state index in [1.54, 1.807) is 30.6 Å². The van der Waals surface area contributed by atoms with Gasteiger partial charge in [-0.3, -0.25) is 14.5 Å². The lowest BCUT2D eigenvalue weighted by Crippen LogP contribution is -2.48. The second kappa shape index (κ2) is 9.89. The minimum Gasteiger partial charge on any atom is -0.363 e. The standard InChI is InChI=1S/C24H28FN5O2/c1-2-3-4-5-13-30-22(31)20(18-7-9-19(25)10-8-18)21(23(30)32)28-14-16-29(17-15-28)24-26-11-6-12-27-24/h6-12H,2-5,13-17H2,1H3. The van der Waals surface area contributed by atoms with Gasteiger partial charge in [-0.1, -0.05) is 38.3 Å². The molecule has 2 aliphatic heterocycles. The predicted octanol–water partition coefficient (Wildman–Crippen LogP) is 3.10. The monoisotopic (exact) mass is 437 g/mol. The highest BCUT2D eigenvalue weighted by Gasteiger charge is 2.41. The summed E-state index contributed by atoms with van der Waals surface area (Å²) in [5, 5.41) is 0. The summed E-state index contributed by atoms with van der Waals surface area (Å²) >= 11 is 0. The van der Waals surface area contributed by atoms with Crippen LogP contribution in [0.25, 0.3) is 5.57 Å². The smallest absolute Gasteiger partial charge is 0.277 e. The highest BCUT2D eigenvalue weighted by atomic mass is 19.1. The van der Waals surface area contributed by atoms with Crippen LogP contribution in [0, 0.1) is 5.82 Å². The number of imide groups is 1. The number of hydrogen-bond acceptors (Lipinski definition) is 6. The Hall–Kier alpha value is -3.29. The van der Waals surface area contributed by atoms with Gasteiger partial charge in [0, 0.05) is 45.1 Å². The Morgan fingerprint density at radius 3 is 2.19 bits per heavy atom. The molecule has 1 saturated heterocycles. The molecule has 1 fully saturated rings. The van der Waals surface area contributed by atoms with Crippen LogP contribution in [0.5, 0.6) is 0 Å². The fraction of sp³-hybridized carbons (Fsp3) is 0.417. The molecule has 0 saturated carbocycles. The number of halogens is 1. The van der Waals surface area contributed by atoms with E-state index in [1.165, 1.54) is 17.0 Å². The Morgan fingerprint density at radius 1 is 0.875 bits per heavy atom. The maximum absolute atomic E-state index is 13.5. The van der Waals surface area contributed by atoms with Crippen LogP contribution in [0.1, 0.15) is 38.2 Å². The summed E-state index contributed by atoms with van der Waals surface area (Å²) in [5.74, 6) is -0.260. The molecule has 0 atom stereocenters. The van der Waals surface area contributed by atoms with E-state index in [2.05, 4.69) is 21.8 Å².